The molecule has 0 aliphatic rings. The third-order valence-electron chi connectivity index (χ3n) is 3.69. The summed E-state index contributed by atoms with van der Waals surface area (Å²) in [6, 6.07) is 10.9. The first-order valence-electron chi connectivity index (χ1n) is 8.36. The number of ether oxygens (including phenoxy) is 2. The van der Waals surface area contributed by atoms with Crippen LogP contribution >= 0.6 is 24.0 Å². The Hall–Kier alpha value is -2.24. The molecule has 2 N–H and O–H groups in total. The van der Waals surface area contributed by atoms with Crippen molar-refractivity contribution in [2.45, 2.75) is 19.3 Å². The van der Waals surface area contributed by atoms with Gasteiger partial charge in [-0.25, -0.2) is 4.39 Å². The Morgan fingerprint density at radius 1 is 1.00 bits per heavy atom. The third kappa shape index (κ3) is 8.75. The van der Waals surface area contributed by atoms with Crippen molar-refractivity contribution in [1.82, 2.24) is 10.6 Å². The maximum atomic E-state index is 13.7. The van der Waals surface area contributed by atoms with Crippen LogP contribution in [0, 0.1) is 5.82 Å². The molecule has 2 aromatic rings. The van der Waals surface area contributed by atoms with Crippen molar-refractivity contribution in [2.75, 3.05) is 20.8 Å². The molecular formula is C19H22F4IN3O2. The number of aliphatic imine (C=N–C) groups is 1. The van der Waals surface area contributed by atoms with E-state index in [1.165, 1.54) is 25.3 Å². The molecule has 5 nitrogen and oxygen atoms in total. The smallest absolute Gasteiger partial charge is 0.422 e. The van der Waals surface area contributed by atoms with Crippen molar-refractivity contribution in [3.8, 4) is 11.5 Å². The quantitative estimate of drug-likeness (QED) is 0.245. The van der Waals surface area contributed by atoms with Crippen LogP contribution in [0.15, 0.2) is 47.5 Å². The van der Waals surface area contributed by atoms with Gasteiger partial charge in [0, 0.05) is 20.1 Å². The van der Waals surface area contributed by atoms with E-state index in [4.69, 9.17) is 4.74 Å². The normalized spacial score (nSPS) is 11.4. The molecule has 0 spiro atoms. The predicted octanol–water partition coefficient (Wildman–Crippen LogP) is 4.26. The Morgan fingerprint density at radius 3 is 2.10 bits per heavy atom. The van der Waals surface area contributed by atoms with Crippen molar-refractivity contribution < 1.29 is 27.0 Å². The molecule has 0 saturated carbocycles. The average molecular weight is 527 g/mol. The lowest BCUT2D eigenvalue weighted by atomic mass is 10.2. The Bertz CT molecular complexity index is 799. The van der Waals surface area contributed by atoms with E-state index in [2.05, 4.69) is 20.4 Å². The number of alkyl halides is 3. The number of guanidine groups is 1. The van der Waals surface area contributed by atoms with E-state index in [9.17, 15) is 17.6 Å². The fourth-order valence-corrected chi connectivity index (χ4v) is 2.28. The summed E-state index contributed by atoms with van der Waals surface area (Å²) >= 11 is 0. The molecular weight excluding hydrogens is 505 g/mol. The Morgan fingerprint density at radius 2 is 1.59 bits per heavy atom. The molecule has 0 aromatic heterocycles. The molecule has 0 saturated heterocycles. The molecule has 0 amide bonds. The fraction of sp³-hybridized carbons (Fsp3) is 0.316. The number of nitrogens with zero attached hydrogens (tertiary/aromatic N) is 1. The fourth-order valence-electron chi connectivity index (χ4n) is 2.28. The lowest BCUT2D eigenvalue weighted by molar-refractivity contribution is -0.153. The van der Waals surface area contributed by atoms with Gasteiger partial charge in [-0.05, 0) is 35.4 Å². The van der Waals surface area contributed by atoms with Gasteiger partial charge in [-0.15, -0.1) is 24.0 Å². The van der Waals surface area contributed by atoms with Gasteiger partial charge in [0.15, 0.2) is 24.1 Å². The summed E-state index contributed by atoms with van der Waals surface area (Å²) in [6.45, 7) is -0.575. The van der Waals surface area contributed by atoms with Crippen LogP contribution in [0.1, 0.15) is 11.1 Å². The standard InChI is InChI=1S/C19H21F4N3O2.HI/c1-24-18(26-11-14-5-8-17(27-2)16(20)9-14)25-10-13-3-6-15(7-4-13)28-12-19(21,22)23;/h3-9H,10-12H2,1-2H3,(H2,24,25,26);1H. The largest absolute Gasteiger partial charge is 0.494 e. The van der Waals surface area contributed by atoms with Crippen LogP contribution in [0.4, 0.5) is 17.6 Å². The molecule has 0 bridgehead atoms. The predicted molar refractivity (Wildman–Crippen MR) is 113 cm³/mol. The van der Waals surface area contributed by atoms with Gasteiger partial charge in [0.1, 0.15) is 5.75 Å². The second-order valence-electron chi connectivity index (χ2n) is 5.80. The van der Waals surface area contributed by atoms with E-state index >= 15 is 0 Å². The minimum Gasteiger partial charge on any atom is -0.494 e. The Balaban J connectivity index is 0.00000420. The van der Waals surface area contributed by atoms with Gasteiger partial charge in [-0.1, -0.05) is 18.2 Å². The second kappa shape index (κ2) is 11.7. The molecule has 10 heteroatoms. The SMILES string of the molecule is CN=C(NCc1ccc(OCC(F)(F)F)cc1)NCc1ccc(OC)c(F)c1.I. The van der Waals surface area contributed by atoms with Crippen LogP contribution in [0.2, 0.25) is 0 Å². The van der Waals surface area contributed by atoms with Crippen LogP contribution < -0.4 is 20.1 Å². The summed E-state index contributed by atoms with van der Waals surface area (Å²) in [6.07, 6.45) is -4.37. The molecule has 160 valence electrons. The van der Waals surface area contributed by atoms with E-state index in [0.29, 0.717) is 24.6 Å². The van der Waals surface area contributed by atoms with E-state index in [0.717, 1.165) is 5.56 Å². The second-order valence-corrected chi connectivity index (χ2v) is 5.80. The molecule has 0 aliphatic carbocycles. The lowest BCUT2D eigenvalue weighted by Crippen LogP contribution is -2.36. The third-order valence-corrected chi connectivity index (χ3v) is 3.69. The molecule has 0 atom stereocenters. The van der Waals surface area contributed by atoms with Gasteiger partial charge < -0.3 is 20.1 Å². The number of halogens is 5. The minimum absolute atomic E-state index is 0. The molecule has 0 radical (unpaired) electrons. The topological polar surface area (TPSA) is 54.9 Å². The van der Waals surface area contributed by atoms with Crippen LogP contribution in [-0.4, -0.2) is 32.9 Å². The van der Waals surface area contributed by atoms with Crippen molar-refractivity contribution in [3.63, 3.8) is 0 Å². The number of hydrogen-bond acceptors (Lipinski definition) is 3. The Kier molecular flexibility index (Phi) is 9.99. The van der Waals surface area contributed by atoms with Gasteiger partial charge >= 0.3 is 6.18 Å². The summed E-state index contributed by atoms with van der Waals surface area (Å²) in [5.41, 5.74) is 1.55. The number of hydrogen-bond donors (Lipinski definition) is 2. The van der Waals surface area contributed by atoms with E-state index in [1.807, 2.05) is 0 Å². The number of benzene rings is 2. The van der Waals surface area contributed by atoms with Crippen LogP contribution in [0.3, 0.4) is 0 Å². The summed E-state index contributed by atoms with van der Waals surface area (Å²) in [5.74, 6) is 0.366. The van der Waals surface area contributed by atoms with Gasteiger partial charge in [0.05, 0.1) is 7.11 Å². The monoisotopic (exact) mass is 527 g/mol. The van der Waals surface area contributed by atoms with Crippen LogP contribution in [0.25, 0.3) is 0 Å². The summed E-state index contributed by atoms with van der Waals surface area (Å²) < 4.78 is 59.7. The van der Waals surface area contributed by atoms with Gasteiger partial charge in [0.2, 0.25) is 0 Å². The highest BCUT2D eigenvalue weighted by Crippen LogP contribution is 2.19. The average Bonchev–Trinajstić information content (AvgIpc) is 2.67. The zero-order valence-electron chi connectivity index (χ0n) is 15.8. The Labute approximate surface area is 183 Å². The zero-order chi connectivity index (χ0) is 20.6. The van der Waals surface area contributed by atoms with Crippen LogP contribution in [0.5, 0.6) is 11.5 Å². The number of rotatable bonds is 7. The number of methoxy groups -OCH3 is 1. The molecule has 0 fully saturated rings. The molecule has 2 aromatic carbocycles. The van der Waals surface area contributed by atoms with Crippen LogP contribution in [-0.2, 0) is 13.1 Å². The molecule has 0 aliphatic heterocycles. The molecule has 2 rings (SSSR count). The summed E-state index contributed by atoms with van der Waals surface area (Å²) in [5, 5.41) is 6.12. The first-order valence-corrected chi connectivity index (χ1v) is 8.36. The first-order chi connectivity index (χ1) is 13.3. The zero-order valence-corrected chi connectivity index (χ0v) is 18.2. The highest BCUT2D eigenvalue weighted by atomic mass is 127. The highest BCUT2D eigenvalue weighted by Gasteiger charge is 2.28. The molecule has 0 heterocycles. The van der Waals surface area contributed by atoms with E-state index in [1.54, 1.807) is 31.3 Å². The van der Waals surface area contributed by atoms with Crippen molar-refractivity contribution in [1.29, 1.82) is 0 Å². The van der Waals surface area contributed by atoms with E-state index in [-0.39, 0.29) is 35.5 Å². The minimum atomic E-state index is -4.37. The highest BCUT2D eigenvalue weighted by molar-refractivity contribution is 14.0. The van der Waals surface area contributed by atoms with Gasteiger partial charge in [0.25, 0.3) is 0 Å². The first kappa shape index (κ1) is 24.8. The van der Waals surface area contributed by atoms with Gasteiger partial charge in [-0.3, -0.25) is 4.99 Å². The van der Waals surface area contributed by atoms with E-state index < -0.39 is 18.6 Å². The van der Waals surface area contributed by atoms with Crippen molar-refractivity contribution in [2.24, 2.45) is 4.99 Å². The van der Waals surface area contributed by atoms with Crippen molar-refractivity contribution in [3.05, 3.63) is 59.4 Å². The summed E-state index contributed by atoms with van der Waals surface area (Å²) in [7, 11) is 3.00. The summed E-state index contributed by atoms with van der Waals surface area (Å²) in [4.78, 5) is 4.07. The maximum Gasteiger partial charge on any atom is 0.422 e. The lowest BCUT2D eigenvalue weighted by Gasteiger charge is -2.13. The van der Waals surface area contributed by atoms with Gasteiger partial charge in [-0.2, -0.15) is 13.2 Å². The van der Waals surface area contributed by atoms with Crippen molar-refractivity contribution >= 4 is 29.9 Å². The maximum absolute atomic E-state index is 13.7. The number of nitrogens with one attached hydrogen (secondary N) is 2. The molecule has 0 unspecified atom stereocenters. The molecule has 29 heavy (non-hydrogen) atoms.